The molecule has 110 valence electrons. The van der Waals surface area contributed by atoms with E-state index in [9.17, 15) is 0 Å². The number of guanidine groups is 1. The van der Waals surface area contributed by atoms with Crippen molar-refractivity contribution in [3.05, 3.63) is 36.8 Å². The van der Waals surface area contributed by atoms with Crippen LogP contribution in [0.25, 0.3) is 0 Å². The molecular formula is C16H25N3O. The normalized spacial score (nSPS) is 16.9. The molecule has 1 aromatic heterocycles. The van der Waals surface area contributed by atoms with Crippen LogP contribution in [-0.2, 0) is 6.42 Å². The third-order valence-corrected chi connectivity index (χ3v) is 3.57. The standard InChI is InChI=1S/C16H25N3O/c1-2-11-17-16(19-14-7-4-3-5-8-14)18-12-10-15-9-6-13-20-15/h2,6,9,13-14H,1,3-5,7-8,10-12H2,(H2,17,18,19). The first-order chi connectivity index (χ1) is 9.88. The fourth-order valence-corrected chi connectivity index (χ4v) is 2.49. The van der Waals surface area contributed by atoms with Crippen molar-refractivity contribution >= 4 is 5.96 Å². The molecule has 0 aliphatic heterocycles. The Bertz CT molecular complexity index is 405. The maximum atomic E-state index is 5.32. The Hall–Kier alpha value is -1.71. The molecule has 2 N–H and O–H groups in total. The number of furan rings is 1. The third-order valence-electron chi connectivity index (χ3n) is 3.57. The average Bonchev–Trinajstić information content (AvgIpc) is 2.99. The molecule has 1 aliphatic carbocycles. The molecule has 0 aromatic carbocycles. The number of hydrogen-bond donors (Lipinski definition) is 2. The van der Waals surface area contributed by atoms with Crippen LogP contribution in [0.4, 0.5) is 0 Å². The molecule has 1 heterocycles. The SMILES string of the molecule is C=CCNC(=NCCc1ccco1)NC1CCCCC1. The van der Waals surface area contributed by atoms with E-state index in [0.717, 1.165) is 31.2 Å². The Kier molecular flexibility index (Phi) is 6.21. The fraction of sp³-hybridized carbons (Fsp3) is 0.562. The number of nitrogens with zero attached hydrogens (tertiary/aromatic N) is 1. The topological polar surface area (TPSA) is 49.6 Å². The van der Waals surface area contributed by atoms with Gasteiger partial charge in [0.05, 0.1) is 6.26 Å². The molecule has 1 fully saturated rings. The van der Waals surface area contributed by atoms with Gasteiger partial charge in [-0.05, 0) is 25.0 Å². The van der Waals surface area contributed by atoms with Gasteiger partial charge in [-0.3, -0.25) is 4.99 Å². The first-order valence-electron chi connectivity index (χ1n) is 7.56. The molecule has 0 atom stereocenters. The molecule has 0 spiro atoms. The van der Waals surface area contributed by atoms with E-state index >= 15 is 0 Å². The molecule has 1 aromatic rings. The molecule has 2 rings (SSSR count). The highest BCUT2D eigenvalue weighted by Gasteiger charge is 2.14. The second-order valence-electron chi connectivity index (χ2n) is 5.21. The predicted molar refractivity (Wildman–Crippen MR) is 82.9 cm³/mol. The summed E-state index contributed by atoms with van der Waals surface area (Å²) >= 11 is 0. The van der Waals surface area contributed by atoms with Crippen molar-refractivity contribution in [3.8, 4) is 0 Å². The van der Waals surface area contributed by atoms with Gasteiger partial charge >= 0.3 is 0 Å². The quantitative estimate of drug-likeness (QED) is 0.477. The minimum atomic E-state index is 0.559. The molecule has 4 nitrogen and oxygen atoms in total. The summed E-state index contributed by atoms with van der Waals surface area (Å²) < 4.78 is 5.32. The number of rotatable bonds is 6. The second kappa shape index (κ2) is 8.46. The van der Waals surface area contributed by atoms with Crippen LogP contribution < -0.4 is 10.6 Å². The average molecular weight is 275 g/mol. The second-order valence-corrected chi connectivity index (χ2v) is 5.21. The van der Waals surface area contributed by atoms with Gasteiger partial charge in [0.25, 0.3) is 0 Å². The summed E-state index contributed by atoms with van der Waals surface area (Å²) in [5.74, 6) is 1.87. The lowest BCUT2D eigenvalue weighted by Gasteiger charge is -2.24. The number of hydrogen-bond acceptors (Lipinski definition) is 2. The molecular weight excluding hydrogens is 250 g/mol. The Morgan fingerprint density at radius 2 is 2.25 bits per heavy atom. The Morgan fingerprint density at radius 1 is 1.40 bits per heavy atom. The first-order valence-corrected chi connectivity index (χ1v) is 7.56. The molecule has 0 radical (unpaired) electrons. The highest BCUT2D eigenvalue weighted by molar-refractivity contribution is 5.80. The number of aliphatic imine (C=N–C) groups is 1. The Labute approximate surface area is 121 Å². The summed E-state index contributed by atoms with van der Waals surface area (Å²) in [5, 5.41) is 6.82. The summed E-state index contributed by atoms with van der Waals surface area (Å²) in [6.45, 7) is 5.20. The molecule has 0 saturated heterocycles. The number of nitrogens with one attached hydrogen (secondary N) is 2. The van der Waals surface area contributed by atoms with E-state index < -0.39 is 0 Å². The van der Waals surface area contributed by atoms with Crippen LogP contribution in [0.15, 0.2) is 40.5 Å². The van der Waals surface area contributed by atoms with E-state index in [1.807, 2.05) is 18.2 Å². The van der Waals surface area contributed by atoms with Crippen molar-refractivity contribution < 1.29 is 4.42 Å². The van der Waals surface area contributed by atoms with Gasteiger partial charge in [-0.15, -0.1) is 6.58 Å². The van der Waals surface area contributed by atoms with Crippen LogP contribution >= 0.6 is 0 Å². The van der Waals surface area contributed by atoms with Crippen LogP contribution in [0, 0.1) is 0 Å². The van der Waals surface area contributed by atoms with Crippen molar-refractivity contribution in [1.29, 1.82) is 0 Å². The van der Waals surface area contributed by atoms with Crippen molar-refractivity contribution in [3.63, 3.8) is 0 Å². The summed E-state index contributed by atoms with van der Waals surface area (Å²) in [5.41, 5.74) is 0. The molecule has 1 saturated carbocycles. The largest absolute Gasteiger partial charge is 0.469 e. The zero-order valence-electron chi connectivity index (χ0n) is 12.1. The molecule has 0 unspecified atom stereocenters. The molecule has 0 amide bonds. The van der Waals surface area contributed by atoms with Gasteiger partial charge in [-0.1, -0.05) is 25.3 Å². The highest BCUT2D eigenvalue weighted by Crippen LogP contribution is 2.17. The van der Waals surface area contributed by atoms with Gasteiger partial charge in [-0.25, -0.2) is 0 Å². The van der Waals surface area contributed by atoms with Gasteiger partial charge in [0.2, 0.25) is 0 Å². The molecule has 0 bridgehead atoms. The van der Waals surface area contributed by atoms with E-state index in [1.54, 1.807) is 6.26 Å². The minimum Gasteiger partial charge on any atom is -0.469 e. The summed E-state index contributed by atoms with van der Waals surface area (Å²) in [6, 6.07) is 4.46. The summed E-state index contributed by atoms with van der Waals surface area (Å²) in [7, 11) is 0. The zero-order chi connectivity index (χ0) is 14.0. The maximum absolute atomic E-state index is 5.32. The molecule has 1 aliphatic rings. The first kappa shape index (κ1) is 14.7. The van der Waals surface area contributed by atoms with Gasteiger partial charge in [0.1, 0.15) is 5.76 Å². The third kappa shape index (κ3) is 5.11. The molecule has 20 heavy (non-hydrogen) atoms. The van der Waals surface area contributed by atoms with E-state index in [0.29, 0.717) is 6.04 Å². The van der Waals surface area contributed by atoms with Gasteiger partial charge in [0.15, 0.2) is 5.96 Å². The highest BCUT2D eigenvalue weighted by atomic mass is 16.3. The van der Waals surface area contributed by atoms with Crippen LogP contribution in [0.1, 0.15) is 37.9 Å². The van der Waals surface area contributed by atoms with Gasteiger partial charge < -0.3 is 15.1 Å². The Balaban J connectivity index is 1.82. The fourth-order valence-electron chi connectivity index (χ4n) is 2.49. The zero-order valence-corrected chi connectivity index (χ0v) is 12.1. The van der Waals surface area contributed by atoms with Crippen LogP contribution in [0.2, 0.25) is 0 Å². The van der Waals surface area contributed by atoms with E-state index in [4.69, 9.17) is 4.42 Å². The van der Waals surface area contributed by atoms with E-state index in [2.05, 4.69) is 22.2 Å². The van der Waals surface area contributed by atoms with Crippen LogP contribution in [-0.4, -0.2) is 25.1 Å². The van der Waals surface area contributed by atoms with Gasteiger partial charge in [0, 0.05) is 25.6 Å². The van der Waals surface area contributed by atoms with Crippen LogP contribution in [0.3, 0.4) is 0 Å². The van der Waals surface area contributed by atoms with Crippen molar-refractivity contribution in [2.45, 2.75) is 44.6 Å². The predicted octanol–water partition coefficient (Wildman–Crippen LogP) is 2.88. The van der Waals surface area contributed by atoms with Crippen molar-refractivity contribution in [2.75, 3.05) is 13.1 Å². The van der Waals surface area contributed by atoms with Crippen LogP contribution in [0.5, 0.6) is 0 Å². The lowest BCUT2D eigenvalue weighted by Crippen LogP contribution is -2.44. The maximum Gasteiger partial charge on any atom is 0.191 e. The van der Waals surface area contributed by atoms with E-state index in [1.165, 1.54) is 32.1 Å². The minimum absolute atomic E-state index is 0.559. The van der Waals surface area contributed by atoms with Crippen molar-refractivity contribution in [1.82, 2.24) is 10.6 Å². The van der Waals surface area contributed by atoms with Crippen molar-refractivity contribution in [2.24, 2.45) is 4.99 Å². The summed E-state index contributed by atoms with van der Waals surface area (Å²) in [6.07, 6.45) is 10.9. The molecule has 4 heteroatoms. The lowest BCUT2D eigenvalue weighted by molar-refractivity contribution is 0.410. The van der Waals surface area contributed by atoms with Gasteiger partial charge in [-0.2, -0.15) is 0 Å². The smallest absolute Gasteiger partial charge is 0.191 e. The summed E-state index contributed by atoms with van der Waals surface area (Å²) in [4.78, 5) is 4.62. The lowest BCUT2D eigenvalue weighted by atomic mass is 9.96. The Morgan fingerprint density at radius 3 is 2.95 bits per heavy atom. The monoisotopic (exact) mass is 275 g/mol. The van der Waals surface area contributed by atoms with E-state index in [-0.39, 0.29) is 0 Å².